The van der Waals surface area contributed by atoms with E-state index >= 15 is 0 Å². The summed E-state index contributed by atoms with van der Waals surface area (Å²) in [7, 11) is 3.40. The molecule has 2 rings (SSSR count). The summed E-state index contributed by atoms with van der Waals surface area (Å²) in [6, 6.07) is 2.17. The molecule has 1 fully saturated rings. The summed E-state index contributed by atoms with van der Waals surface area (Å²) in [6.07, 6.45) is 3.63. The Morgan fingerprint density at radius 3 is 2.43 bits per heavy atom. The Morgan fingerprint density at radius 2 is 1.90 bits per heavy atom. The van der Waals surface area contributed by atoms with E-state index in [1.54, 1.807) is 14.2 Å². The largest absolute Gasteiger partial charge is 0.493 e. The lowest BCUT2D eigenvalue weighted by Crippen LogP contribution is -2.28. The molecular weight excluding hydrogens is 330 g/mol. The van der Waals surface area contributed by atoms with Crippen LogP contribution in [0.15, 0.2) is 10.5 Å². The number of hydrogen-bond donors (Lipinski definition) is 1. The van der Waals surface area contributed by atoms with Gasteiger partial charge in [-0.2, -0.15) is 0 Å². The van der Waals surface area contributed by atoms with Crippen LogP contribution in [-0.4, -0.2) is 27.3 Å². The van der Waals surface area contributed by atoms with Crippen LogP contribution in [-0.2, 0) is 6.42 Å². The molecule has 0 unspecified atom stereocenters. The first-order valence-electron chi connectivity index (χ1n) is 7.72. The number of halogens is 1. The van der Waals surface area contributed by atoms with Crippen molar-refractivity contribution in [3.05, 3.63) is 21.7 Å². The Morgan fingerprint density at radius 1 is 1.24 bits per heavy atom. The SMILES string of the molecule is COc1cc(CC2CCNCC2)c(C(C)C)c(Br)c1OC. The normalized spacial score (nSPS) is 16.3. The zero-order valence-corrected chi connectivity index (χ0v) is 15.0. The van der Waals surface area contributed by atoms with Crippen molar-refractivity contribution >= 4 is 15.9 Å². The maximum absolute atomic E-state index is 5.52. The third kappa shape index (κ3) is 3.72. The maximum Gasteiger partial charge on any atom is 0.175 e. The predicted molar refractivity (Wildman–Crippen MR) is 90.6 cm³/mol. The summed E-state index contributed by atoms with van der Waals surface area (Å²) in [5, 5.41) is 3.44. The number of ether oxygens (including phenoxy) is 2. The highest BCUT2D eigenvalue weighted by Crippen LogP contribution is 2.43. The minimum absolute atomic E-state index is 0.455. The number of benzene rings is 1. The van der Waals surface area contributed by atoms with E-state index in [0.29, 0.717) is 5.92 Å². The van der Waals surface area contributed by atoms with Crippen LogP contribution in [0, 0.1) is 5.92 Å². The van der Waals surface area contributed by atoms with Crippen molar-refractivity contribution in [3.63, 3.8) is 0 Å². The second-order valence-corrected chi connectivity index (χ2v) is 6.84. The second kappa shape index (κ2) is 7.50. The van der Waals surface area contributed by atoms with Crippen LogP contribution in [0.25, 0.3) is 0 Å². The van der Waals surface area contributed by atoms with Crippen LogP contribution in [0.2, 0.25) is 0 Å². The Labute approximate surface area is 136 Å². The van der Waals surface area contributed by atoms with Crippen LogP contribution < -0.4 is 14.8 Å². The van der Waals surface area contributed by atoms with E-state index in [9.17, 15) is 0 Å². The highest BCUT2D eigenvalue weighted by atomic mass is 79.9. The Hall–Kier alpha value is -0.740. The van der Waals surface area contributed by atoms with Crippen molar-refractivity contribution in [1.82, 2.24) is 5.32 Å². The molecule has 1 aliphatic rings. The summed E-state index contributed by atoms with van der Waals surface area (Å²) < 4.78 is 12.1. The summed E-state index contributed by atoms with van der Waals surface area (Å²) in [5.74, 6) is 2.83. The predicted octanol–water partition coefficient (Wildman–Crippen LogP) is 4.13. The fraction of sp³-hybridized carbons (Fsp3) is 0.647. The molecule has 0 bridgehead atoms. The number of hydrogen-bond acceptors (Lipinski definition) is 3. The minimum atomic E-state index is 0.455. The van der Waals surface area contributed by atoms with Gasteiger partial charge in [-0.1, -0.05) is 13.8 Å². The molecule has 1 N–H and O–H groups in total. The van der Waals surface area contributed by atoms with Gasteiger partial charge >= 0.3 is 0 Å². The van der Waals surface area contributed by atoms with Crippen molar-refractivity contribution in [2.24, 2.45) is 5.92 Å². The van der Waals surface area contributed by atoms with Gasteiger partial charge in [0.25, 0.3) is 0 Å². The van der Waals surface area contributed by atoms with Gasteiger partial charge in [-0.05, 0) is 77.3 Å². The van der Waals surface area contributed by atoms with Gasteiger partial charge in [0.15, 0.2) is 11.5 Å². The van der Waals surface area contributed by atoms with Crippen molar-refractivity contribution in [1.29, 1.82) is 0 Å². The smallest absolute Gasteiger partial charge is 0.175 e. The highest BCUT2D eigenvalue weighted by Gasteiger charge is 2.22. The maximum atomic E-state index is 5.52. The third-order valence-electron chi connectivity index (χ3n) is 4.28. The lowest BCUT2D eigenvalue weighted by Gasteiger charge is -2.26. The molecule has 0 aromatic heterocycles. The minimum Gasteiger partial charge on any atom is -0.493 e. The monoisotopic (exact) mass is 355 g/mol. The fourth-order valence-electron chi connectivity index (χ4n) is 3.20. The van der Waals surface area contributed by atoms with Crippen LogP contribution in [0.4, 0.5) is 0 Å². The molecule has 21 heavy (non-hydrogen) atoms. The molecule has 118 valence electrons. The van der Waals surface area contributed by atoms with E-state index in [-0.39, 0.29) is 0 Å². The molecule has 1 aromatic rings. The molecule has 1 aliphatic heterocycles. The van der Waals surface area contributed by atoms with Gasteiger partial charge in [0, 0.05) is 0 Å². The molecule has 3 nitrogen and oxygen atoms in total. The van der Waals surface area contributed by atoms with Crippen molar-refractivity contribution in [3.8, 4) is 11.5 Å². The van der Waals surface area contributed by atoms with Crippen LogP contribution in [0.3, 0.4) is 0 Å². The molecule has 0 spiro atoms. The number of piperidine rings is 1. The molecule has 4 heteroatoms. The first-order valence-corrected chi connectivity index (χ1v) is 8.51. The van der Waals surface area contributed by atoms with E-state index in [1.807, 2.05) is 0 Å². The Kier molecular flexibility index (Phi) is 5.94. The second-order valence-electron chi connectivity index (χ2n) is 6.05. The lowest BCUT2D eigenvalue weighted by atomic mass is 9.86. The van der Waals surface area contributed by atoms with Crippen molar-refractivity contribution in [2.75, 3.05) is 27.3 Å². The van der Waals surface area contributed by atoms with Crippen LogP contribution >= 0.6 is 15.9 Å². The quantitative estimate of drug-likeness (QED) is 0.861. The molecule has 0 amide bonds. The first kappa shape index (κ1) is 16.6. The third-order valence-corrected chi connectivity index (χ3v) is 5.07. The van der Waals surface area contributed by atoms with Crippen LogP contribution in [0.5, 0.6) is 11.5 Å². The summed E-state index contributed by atoms with van der Waals surface area (Å²) in [5.41, 5.74) is 2.74. The van der Waals surface area contributed by atoms with Crippen molar-refractivity contribution in [2.45, 2.75) is 39.0 Å². The fourth-order valence-corrected chi connectivity index (χ4v) is 4.27. The van der Waals surface area contributed by atoms with Crippen molar-refractivity contribution < 1.29 is 9.47 Å². The van der Waals surface area contributed by atoms with Crippen LogP contribution in [0.1, 0.15) is 43.7 Å². The molecule has 1 aromatic carbocycles. The molecule has 0 aliphatic carbocycles. The summed E-state index contributed by atoms with van der Waals surface area (Å²) in [6.45, 7) is 6.74. The molecule has 1 saturated heterocycles. The van der Waals surface area contributed by atoms with Gasteiger partial charge in [0.05, 0.1) is 18.7 Å². The zero-order chi connectivity index (χ0) is 15.4. The first-order chi connectivity index (χ1) is 10.1. The van der Waals surface area contributed by atoms with E-state index in [0.717, 1.165) is 41.4 Å². The van der Waals surface area contributed by atoms with Gasteiger partial charge in [-0.15, -0.1) is 0 Å². The van der Waals surface area contributed by atoms with E-state index in [1.165, 1.54) is 24.0 Å². The van der Waals surface area contributed by atoms with Gasteiger partial charge in [0.1, 0.15) is 0 Å². The molecule has 0 radical (unpaired) electrons. The highest BCUT2D eigenvalue weighted by molar-refractivity contribution is 9.10. The Balaban J connectivity index is 2.39. The summed E-state index contributed by atoms with van der Waals surface area (Å²) in [4.78, 5) is 0. The average Bonchev–Trinajstić information content (AvgIpc) is 2.47. The van der Waals surface area contributed by atoms with E-state index in [4.69, 9.17) is 9.47 Å². The standard InChI is InChI=1S/C17H26BrNO2/c1-11(2)15-13(9-12-5-7-19-8-6-12)10-14(20-3)17(21-4)16(15)18/h10-12,19H,5-9H2,1-4H3. The zero-order valence-electron chi connectivity index (χ0n) is 13.5. The van der Waals surface area contributed by atoms with Gasteiger partial charge < -0.3 is 14.8 Å². The van der Waals surface area contributed by atoms with E-state index in [2.05, 4.69) is 41.2 Å². The number of methoxy groups -OCH3 is 2. The van der Waals surface area contributed by atoms with Gasteiger partial charge in [-0.3, -0.25) is 0 Å². The van der Waals surface area contributed by atoms with Gasteiger partial charge in [-0.25, -0.2) is 0 Å². The topological polar surface area (TPSA) is 30.5 Å². The summed E-state index contributed by atoms with van der Waals surface area (Å²) >= 11 is 3.73. The molecule has 0 saturated carbocycles. The molecular formula is C17H26BrNO2. The average molecular weight is 356 g/mol. The number of rotatable bonds is 5. The molecule has 0 atom stereocenters. The molecule has 1 heterocycles. The van der Waals surface area contributed by atoms with E-state index < -0.39 is 0 Å². The lowest BCUT2D eigenvalue weighted by molar-refractivity contribution is 0.348. The number of nitrogens with one attached hydrogen (secondary N) is 1. The Bertz CT molecular complexity index is 482. The van der Waals surface area contributed by atoms with Gasteiger partial charge in [0.2, 0.25) is 0 Å².